The van der Waals surface area contributed by atoms with Gasteiger partial charge in [-0.3, -0.25) is 0 Å². The normalized spacial score (nSPS) is 11.4. The molecule has 0 aliphatic rings. The number of benzene rings is 2. The van der Waals surface area contributed by atoms with Crippen LogP contribution < -0.4 is 5.32 Å². The van der Waals surface area contributed by atoms with Crippen molar-refractivity contribution in [3.63, 3.8) is 0 Å². The lowest BCUT2D eigenvalue weighted by Crippen LogP contribution is -2.05. The summed E-state index contributed by atoms with van der Waals surface area (Å²) in [6.07, 6.45) is 1.82. The molecule has 0 fully saturated rings. The fourth-order valence-corrected chi connectivity index (χ4v) is 1.87. The van der Waals surface area contributed by atoms with Crippen molar-refractivity contribution in [2.75, 3.05) is 19.0 Å². The fourth-order valence-electron chi connectivity index (χ4n) is 1.87. The molecule has 0 radical (unpaired) electrons. The zero-order valence-electron chi connectivity index (χ0n) is 11.1. The lowest BCUT2D eigenvalue weighted by Gasteiger charge is -2.06. The maximum Gasteiger partial charge on any atom is 0.333 e. The van der Waals surface area contributed by atoms with Crippen LogP contribution in [0.5, 0.6) is 0 Å². The van der Waals surface area contributed by atoms with Gasteiger partial charge >= 0.3 is 5.97 Å². The van der Waals surface area contributed by atoms with Crippen LogP contribution in [0.2, 0.25) is 0 Å². The average Bonchev–Trinajstić information content (AvgIpc) is 2.46. The van der Waals surface area contributed by atoms with Crippen molar-refractivity contribution in [1.29, 1.82) is 0 Å². The molecule has 0 unspecified atom stereocenters. The SMILES string of the molecule is COC(=O)/C(C)=C/CNc1ccc2ccccc2c1. The summed E-state index contributed by atoms with van der Waals surface area (Å²) in [6, 6.07) is 14.4. The van der Waals surface area contributed by atoms with Crippen molar-refractivity contribution in [2.24, 2.45) is 0 Å². The van der Waals surface area contributed by atoms with E-state index in [0.717, 1.165) is 5.69 Å². The summed E-state index contributed by atoms with van der Waals surface area (Å²) in [5, 5.41) is 5.67. The number of hydrogen-bond donors (Lipinski definition) is 1. The fraction of sp³-hybridized carbons (Fsp3) is 0.188. The van der Waals surface area contributed by atoms with Crippen LogP contribution >= 0.6 is 0 Å². The molecule has 0 amide bonds. The number of methoxy groups -OCH3 is 1. The van der Waals surface area contributed by atoms with E-state index >= 15 is 0 Å². The van der Waals surface area contributed by atoms with Crippen LogP contribution in [-0.2, 0) is 9.53 Å². The molecule has 0 aromatic heterocycles. The van der Waals surface area contributed by atoms with Gasteiger partial charge in [0, 0.05) is 17.8 Å². The standard InChI is InChI=1S/C16H17NO2/c1-12(16(18)19-2)9-10-17-15-8-7-13-5-3-4-6-14(13)11-15/h3-9,11,17H,10H2,1-2H3/b12-9+. The highest BCUT2D eigenvalue weighted by Crippen LogP contribution is 2.18. The maximum atomic E-state index is 11.2. The van der Waals surface area contributed by atoms with Gasteiger partial charge in [-0.05, 0) is 29.8 Å². The van der Waals surface area contributed by atoms with Gasteiger partial charge in [0.05, 0.1) is 7.11 Å². The number of esters is 1. The molecule has 1 N–H and O–H groups in total. The molecule has 0 aliphatic heterocycles. The number of anilines is 1. The van der Waals surface area contributed by atoms with Crippen LogP contribution in [0.4, 0.5) is 5.69 Å². The molecule has 0 spiro atoms. The lowest BCUT2D eigenvalue weighted by molar-refractivity contribution is -0.136. The van der Waals surface area contributed by atoms with E-state index in [1.54, 1.807) is 6.92 Å². The zero-order chi connectivity index (χ0) is 13.7. The summed E-state index contributed by atoms with van der Waals surface area (Å²) in [4.78, 5) is 11.2. The topological polar surface area (TPSA) is 38.3 Å². The predicted molar refractivity (Wildman–Crippen MR) is 78.2 cm³/mol. The van der Waals surface area contributed by atoms with Gasteiger partial charge in [-0.1, -0.05) is 36.4 Å². The van der Waals surface area contributed by atoms with Gasteiger partial charge in [-0.15, -0.1) is 0 Å². The first-order valence-corrected chi connectivity index (χ1v) is 6.18. The minimum atomic E-state index is -0.291. The number of carbonyl (C=O) groups excluding carboxylic acids is 1. The molecule has 98 valence electrons. The Labute approximate surface area is 112 Å². The van der Waals surface area contributed by atoms with E-state index in [4.69, 9.17) is 0 Å². The van der Waals surface area contributed by atoms with Crippen molar-refractivity contribution in [3.05, 3.63) is 54.1 Å². The molecule has 0 aliphatic carbocycles. The molecule has 0 heterocycles. The Bertz CT molecular complexity index is 617. The first kappa shape index (κ1) is 13.1. The molecular formula is C16H17NO2. The highest BCUT2D eigenvalue weighted by molar-refractivity contribution is 5.88. The largest absolute Gasteiger partial charge is 0.466 e. The van der Waals surface area contributed by atoms with Gasteiger partial charge in [-0.25, -0.2) is 4.79 Å². The predicted octanol–water partition coefficient (Wildman–Crippen LogP) is 3.37. The summed E-state index contributed by atoms with van der Waals surface area (Å²) in [7, 11) is 1.39. The minimum absolute atomic E-state index is 0.291. The monoisotopic (exact) mass is 255 g/mol. The van der Waals surface area contributed by atoms with Crippen LogP contribution in [0.1, 0.15) is 6.92 Å². The molecule has 3 heteroatoms. The summed E-state index contributed by atoms with van der Waals surface area (Å²) in [5.41, 5.74) is 1.64. The number of nitrogens with one attached hydrogen (secondary N) is 1. The van der Waals surface area contributed by atoms with Crippen LogP contribution in [0.15, 0.2) is 54.1 Å². The molecule has 2 aromatic rings. The van der Waals surface area contributed by atoms with Gasteiger partial charge in [0.2, 0.25) is 0 Å². The Balaban J connectivity index is 2.04. The first-order chi connectivity index (χ1) is 9.20. The molecule has 0 atom stereocenters. The average molecular weight is 255 g/mol. The van der Waals surface area contributed by atoms with E-state index in [1.807, 2.05) is 24.3 Å². The second-order valence-corrected chi connectivity index (χ2v) is 4.32. The minimum Gasteiger partial charge on any atom is -0.466 e. The van der Waals surface area contributed by atoms with Crippen molar-refractivity contribution in [1.82, 2.24) is 0 Å². The summed E-state index contributed by atoms with van der Waals surface area (Å²) < 4.78 is 4.64. The van der Waals surface area contributed by atoms with E-state index in [1.165, 1.54) is 17.9 Å². The van der Waals surface area contributed by atoms with Crippen molar-refractivity contribution >= 4 is 22.4 Å². The number of hydrogen-bond acceptors (Lipinski definition) is 3. The second kappa shape index (κ2) is 6.05. The Morgan fingerprint density at radius 1 is 1.21 bits per heavy atom. The first-order valence-electron chi connectivity index (χ1n) is 6.18. The molecule has 0 bridgehead atoms. The van der Waals surface area contributed by atoms with Gasteiger partial charge in [0.25, 0.3) is 0 Å². The Kier molecular flexibility index (Phi) is 4.18. The lowest BCUT2D eigenvalue weighted by atomic mass is 10.1. The Hall–Kier alpha value is -2.29. The summed E-state index contributed by atoms with van der Waals surface area (Å²) in [5.74, 6) is -0.291. The second-order valence-electron chi connectivity index (χ2n) is 4.32. The van der Waals surface area contributed by atoms with Gasteiger partial charge in [0.1, 0.15) is 0 Å². The summed E-state index contributed by atoms with van der Waals surface area (Å²) >= 11 is 0. The molecular weight excluding hydrogens is 238 g/mol. The van der Waals surface area contributed by atoms with Crippen molar-refractivity contribution < 1.29 is 9.53 Å². The zero-order valence-corrected chi connectivity index (χ0v) is 11.1. The van der Waals surface area contributed by atoms with Crippen LogP contribution in [0.3, 0.4) is 0 Å². The maximum absolute atomic E-state index is 11.2. The Morgan fingerprint density at radius 2 is 1.95 bits per heavy atom. The smallest absolute Gasteiger partial charge is 0.333 e. The molecule has 2 rings (SSSR count). The highest BCUT2D eigenvalue weighted by atomic mass is 16.5. The number of carbonyl (C=O) groups is 1. The summed E-state index contributed by atoms with van der Waals surface area (Å²) in [6.45, 7) is 2.34. The third-order valence-electron chi connectivity index (χ3n) is 2.97. The highest BCUT2D eigenvalue weighted by Gasteiger charge is 2.01. The molecule has 0 saturated carbocycles. The van der Waals surface area contributed by atoms with E-state index in [2.05, 4.69) is 34.3 Å². The molecule has 0 saturated heterocycles. The van der Waals surface area contributed by atoms with Crippen LogP contribution in [-0.4, -0.2) is 19.6 Å². The Morgan fingerprint density at radius 3 is 2.68 bits per heavy atom. The molecule has 19 heavy (non-hydrogen) atoms. The quantitative estimate of drug-likeness (QED) is 0.672. The van der Waals surface area contributed by atoms with Crippen molar-refractivity contribution in [2.45, 2.75) is 6.92 Å². The van der Waals surface area contributed by atoms with E-state index in [9.17, 15) is 4.79 Å². The van der Waals surface area contributed by atoms with Crippen LogP contribution in [0.25, 0.3) is 10.8 Å². The van der Waals surface area contributed by atoms with Crippen molar-refractivity contribution in [3.8, 4) is 0 Å². The third kappa shape index (κ3) is 3.35. The van der Waals surface area contributed by atoms with Gasteiger partial charge < -0.3 is 10.1 Å². The molecule has 3 nitrogen and oxygen atoms in total. The third-order valence-corrected chi connectivity index (χ3v) is 2.97. The van der Waals surface area contributed by atoms with Crippen LogP contribution in [0, 0.1) is 0 Å². The van der Waals surface area contributed by atoms with E-state index < -0.39 is 0 Å². The number of fused-ring (bicyclic) bond motifs is 1. The van der Waals surface area contributed by atoms with Gasteiger partial charge in [0.15, 0.2) is 0 Å². The number of rotatable bonds is 4. The van der Waals surface area contributed by atoms with E-state index in [-0.39, 0.29) is 5.97 Å². The van der Waals surface area contributed by atoms with E-state index in [0.29, 0.717) is 12.1 Å². The number of ether oxygens (including phenoxy) is 1. The van der Waals surface area contributed by atoms with Gasteiger partial charge in [-0.2, -0.15) is 0 Å². The molecule has 2 aromatic carbocycles.